The number of nitrogens with one attached hydrogen (secondary N) is 1. The van der Waals surface area contributed by atoms with Gasteiger partial charge in [-0.15, -0.1) is 0 Å². The van der Waals surface area contributed by atoms with E-state index in [2.05, 4.69) is 21.5 Å². The Kier molecular flexibility index (Phi) is 2.78. The van der Waals surface area contributed by atoms with E-state index >= 15 is 0 Å². The molecular weight excluding hydrogens is 224 g/mol. The highest BCUT2D eigenvalue weighted by Gasteiger charge is 2.21. The van der Waals surface area contributed by atoms with Gasteiger partial charge in [0.25, 0.3) is 0 Å². The van der Waals surface area contributed by atoms with E-state index in [1.807, 2.05) is 37.1 Å². The Labute approximate surface area is 107 Å². The molecule has 2 aromatic rings. The first-order chi connectivity index (χ1) is 8.74. The Hall–Kier alpha value is -1.84. The largest absolute Gasteiger partial charge is 0.374 e. The predicted molar refractivity (Wildman–Crippen MR) is 71.5 cm³/mol. The van der Waals surface area contributed by atoms with Crippen LogP contribution in [0.1, 0.15) is 35.8 Å². The van der Waals surface area contributed by atoms with E-state index in [0.29, 0.717) is 6.04 Å². The van der Waals surface area contributed by atoms with Crippen molar-refractivity contribution < 1.29 is 0 Å². The van der Waals surface area contributed by atoms with Crippen LogP contribution in [0.2, 0.25) is 0 Å². The number of hydrogen-bond acceptors (Lipinski definition) is 3. The first-order valence-electron chi connectivity index (χ1n) is 6.44. The summed E-state index contributed by atoms with van der Waals surface area (Å²) in [7, 11) is 1.95. The molecule has 94 valence electrons. The van der Waals surface area contributed by atoms with Crippen LogP contribution in [-0.4, -0.2) is 14.8 Å². The van der Waals surface area contributed by atoms with Gasteiger partial charge in [0.2, 0.25) is 0 Å². The molecule has 0 bridgehead atoms. The van der Waals surface area contributed by atoms with Crippen molar-refractivity contribution in [2.75, 3.05) is 5.32 Å². The van der Waals surface area contributed by atoms with Crippen LogP contribution in [-0.2, 0) is 13.5 Å². The molecule has 1 atom stereocenters. The second-order valence-electron chi connectivity index (χ2n) is 4.94. The summed E-state index contributed by atoms with van der Waals surface area (Å²) in [6.07, 6.45) is 7.42. The fourth-order valence-electron chi connectivity index (χ4n) is 2.68. The summed E-state index contributed by atoms with van der Waals surface area (Å²) >= 11 is 0. The van der Waals surface area contributed by atoms with Crippen molar-refractivity contribution in [3.8, 4) is 0 Å². The summed E-state index contributed by atoms with van der Waals surface area (Å²) in [6.45, 7) is 2.03. The summed E-state index contributed by atoms with van der Waals surface area (Å²) < 4.78 is 1.85. The summed E-state index contributed by atoms with van der Waals surface area (Å²) in [6, 6.07) is 4.53. The minimum atomic E-state index is 0.317. The molecule has 0 amide bonds. The molecule has 4 heteroatoms. The van der Waals surface area contributed by atoms with E-state index in [0.717, 1.165) is 24.2 Å². The maximum absolute atomic E-state index is 4.54. The van der Waals surface area contributed by atoms with Gasteiger partial charge >= 0.3 is 0 Å². The van der Waals surface area contributed by atoms with Crippen molar-refractivity contribution in [3.63, 3.8) is 0 Å². The fraction of sp³-hybridized carbons (Fsp3) is 0.429. The molecule has 1 aliphatic rings. The van der Waals surface area contributed by atoms with Crippen LogP contribution in [0.4, 0.5) is 5.69 Å². The Bertz CT molecular complexity index is 559. The first kappa shape index (κ1) is 11.3. The highest BCUT2D eigenvalue weighted by molar-refractivity contribution is 5.48. The molecule has 2 heterocycles. The molecule has 1 N–H and O–H groups in total. The number of pyridine rings is 1. The molecule has 3 rings (SSSR count). The summed E-state index contributed by atoms with van der Waals surface area (Å²) in [5.74, 6) is 0. The van der Waals surface area contributed by atoms with Gasteiger partial charge in [0.15, 0.2) is 0 Å². The molecule has 0 spiro atoms. The molecular formula is C14H18N4. The highest BCUT2D eigenvalue weighted by Crippen LogP contribution is 2.31. The van der Waals surface area contributed by atoms with Crippen LogP contribution in [0.3, 0.4) is 0 Å². The van der Waals surface area contributed by atoms with Gasteiger partial charge in [-0.2, -0.15) is 5.10 Å². The van der Waals surface area contributed by atoms with Gasteiger partial charge in [-0.3, -0.25) is 9.67 Å². The molecule has 0 aliphatic heterocycles. The summed E-state index contributed by atoms with van der Waals surface area (Å²) in [5.41, 5.74) is 4.73. The maximum atomic E-state index is 4.54. The second kappa shape index (κ2) is 4.44. The van der Waals surface area contributed by atoms with Gasteiger partial charge in [0, 0.05) is 19.4 Å². The van der Waals surface area contributed by atoms with Crippen LogP contribution in [0.15, 0.2) is 24.5 Å². The lowest BCUT2D eigenvalue weighted by Gasteiger charge is -2.25. The lowest BCUT2D eigenvalue weighted by atomic mass is 9.92. The van der Waals surface area contributed by atoms with E-state index in [9.17, 15) is 0 Å². The lowest BCUT2D eigenvalue weighted by molar-refractivity contribution is 0.583. The van der Waals surface area contributed by atoms with Gasteiger partial charge in [-0.1, -0.05) is 6.07 Å². The van der Waals surface area contributed by atoms with E-state index in [1.54, 1.807) is 0 Å². The van der Waals surface area contributed by atoms with Gasteiger partial charge in [-0.05, 0) is 37.8 Å². The van der Waals surface area contributed by atoms with E-state index in [-0.39, 0.29) is 0 Å². The fourth-order valence-corrected chi connectivity index (χ4v) is 2.68. The van der Waals surface area contributed by atoms with Crippen LogP contribution in [0, 0.1) is 6.92 Å². The standard InChI is InChI=1S/C14H18N4/c1-10-13(9-18(2)17-10)16-12-7-3-5-11-6-4-8-15-14(11)12/h4,6,8-9,12,16H,3,5,7H2,1-2H3. The van der Waals surface area contributed by atoms with Gasteiger partial charge in [-0.25, -0.2) is 0 Å². The topological polar surface area (TPSA) is 42.7 Å². The smallest absolute Gasteiger partial charge is 0.0825 e. The Morgan fingerprint density at radius 3 is 3.11 bits per heavy atom. The molecule has 1 aliphatic carbocycles. The SMILES string of the molecule is Cc1nn(C)cc1NC1CCCc2cccnc21. The maximum Gasteiger partial charge on any atom is 0.0825 e. The van der Waals surface area contributed by atoms with Gasteiger partial charge in [0.1, 0.15) is 0 Å². The molecule has 4 nitrogen and oxygen atoms in total. The molecule has 1 unspecified atom stereocenters. The lowest BCUT2D eigenvalue weighted by Crippen LogP contribution is -2.19. The molecule has 0 fully saturated rings. The van der Waals surface area contributed by atoms with Crippen molar-refractivity contribution >= 4 is 5.69 Å². The molecule has 0 radical (unpaired) electrons. The monoisotopic (exact) mass is 242 g/mol. The van der Waals surface area contributed by atoms with Crippen LogP contribution >= 0.6 is 0 Å². The van der Waals surface area contributed by atoms with Crippen molar-refractivity contribution in [1.82, 2.24) is 14.8 Å². The highest BCUT2D eigenvalue weighted by atomic mass is 15.3. The first-order valence-corrected chi connectivity index (χ1v) is 6.44. The number of fused-ring (bicyclic) bond motifs is 1. The van der Waals surface area contributed by atoms with Crippen LogP contribution < -0.4 is 5.32 Å². The predicted octanol–water partition coefficient (Wildman–Crippen LogP) is 2.61. The van der Waals surface area contributed by atoms with Gasteiger partial charge < -0.3 is 5.32 Å². The average molecular weight is 242 g/mol. The zero-order valence-electron chi connectivity index (χ0n) is 10.8. The third kappa shape index (κ3) is 1.98. The molecule has 2 aromatic heterocycles. The van der Waals surface area contributed by atoms with E-state index < -0.39 is 0 Å². The Morgan fingerprint density at radius 2 is 2.33 bits per heavy atom. The number of aryl methyl sites for hydroxylation is 3. The Morgan fingerprint density at radius 1 is 1.44 bits per heavy atom. The quantitative estimate of drug-likeness (QED) is 0.880. The second-order valence-corrected chi connectivity index (χ2v) is 4.94. The third-order valence-corrected chi connectivity index (χ3v) is 3.54. The molecule has 18 heavy (non-hydrogen) atoms. The summed E-state index contributed by atoms with van der Waals surface area (Å²) in [5, 5.41) is 7.95. The van der Waals surface area contributed by atoms with Crippen molar-refractivity contribution in [1.29, 1.82) is 0 Å². The molecule has 0 saturated heterocycles. The van der Waals surface area contributed by atoms with Crippen molar-refractivity contribution in [2.45, 2.75) is 32.2 Å². The van der Waals surface area contributed by atoms with Gasteiger partial charge in [0.05, 0.1) is 23.1 Å². The zero-order valence-corrected chi connectivity index (χ0v) is 10.8. The third-order valence-electron chi connectivity index (χ3n) is 3.54. The van der Waals surface area contributed by atoms with Crippen molar-refractivity contribution in [3.05, 3.63) is 41.5 Å². The average Bonchev–Trinajstić information content (AvgIpc) is 2.68. The number of hydrogen-bond donors (Lipinski definition) is 1. The zero-order chi connectivity index (χ0) is 12.5. The number of rotatable bonds is 2. The number of anilines is 1. The Balaban J connectivity index is 1.88. The summed E-state index contributed by atoms with van der Waals surface area (Å²) in [4.78, 5) is 4.54. The minimum Gasteiger partial charge on any atom is -0.374 e. The van der Waals surface area contributed by atoms with E-state index in [1.165, 1.54) is 17.7 Å². The van der Waals surface area contributed by atoms with Crippen molar-refractivity contribution in [2.24, 2.45) is 7.05 Å². The number of aromatic nitrogens is 3. The van der Waals surface area contributed by atoms with E-state index in [4.69, 9.17) is 0 Å². The molecule has 0 saturated carbocycles. The molecule has 0 aromatic carbocycles. The normalized spacial score (nSPS) is 18.4. The van der Waals surface area contributed by atoms with Crippen LogP contribution in [0.25, 0.3) is 0 Å². The minimum absolute atomic E-state index is 0.317. The van der Waals surface area contributed by atoms with Crippen LogP contribution in [0.5, 0.6) is 0 Å². The number of nitrogens with zero attached hydrogens (tertiary/aromatic N) is 3.